The van der Waals surface area contributed by atoms with Crippen molar-refractivity contribution in [2.24, 2.45) is 18.4 Å². The monoisotopic (exact) mass is 340 g/mol. The van der Waals surface area contributed by atoms with Gasteiger partial charge in [-0.25, -0.2) is 0 Å². The summed E-state index contributed by atoms with van der Waals surface area (Å²) in [6, 6.07) is 7.82. The molecule has 6 nitrogen and oxygen atoms in total. The molecular weight excluding hydrogens is 316 g/mol. The lowest BCUT2D eigenvalue weighted by Gasteiger charge is -2.27. The van der Waals surface area contributed by atoms with Gasteiger partial charge in [0, 0.05) is 63.2 Å². The number of aryl methyl sites for hydroxylation is 1. The molecule has 0 saturated carbocycles. The van der Waals surface area contributed by atoms with Crippen LogP contribution in [0.4, 0.5) is 0 Å². The van der Waals surface area contributed by atoms with Crippen molar-refractivity contribution in [3.05, 3.63) is 54.1 Å². The largest absolute Gasteiger partial charge is 0.380 e. The standard InChI is InChI=1S/C19H24N4O2/c1-22-7-3-5-17(22)18(24)21-12-19-13-23(10-16(19)11-25-14-19)9-15-4-2-6-20-8-15/h2-8,16H,9-14H2,1H3,(H,21,24)/t16-,19+/m1/s1. The Labute approximate surface area is 147 Å². The zero-order valence-electron chi connectivity index (χ0n) is 14.5. The first kappa shape index (κ1) is 16.3. The van der Waals surface area contributed by atoms with Crippen molar-refractivity contribution in [2.45, 2.75) is 6.54 Å². The number of rotatable bonds is 5. The topological polar surface area (TPSA) is 59.4 Å². The number of nitrogens with zero attached hydrogens (tertiary/aromatic N) is 3. The first-order valence-electron chi connectivity index (χ1n) is 8.75. The number of nitrogens with one attached hydrogen (secondary N) is 1. The van der Waals surface area contributed by atoms with E-state index in [-0.39, 0.29) is 11.3 Å². The molecule has 132 valence electrons. The molecule has 6 heteroatoms. The highest BCUT2D eigenvalue weighted by atomic mass is 16.5. The molecule has 2 atom stereocenters. The van der Waals surface area contributed by atoms with Gasteiger partial charge in [-0.15, -0.1) is 0 Å². The minimum absolute atomic E-state index is 0.0155. The fraction of sp³-hybridized carbons (Fsp3) is 0.474. The smallest absolute Gasteiger partial charge is 0.267 e. The number of hydrogen-bond donors (Lipinski definition) is 1. The molecule has 25 heavy (non-hydrogen) atoms. The summed E-state index contributed by atoms with van der Waals surface area (Å²) in [5.74, 6) is 0.455. The van der Waals surface area contributed by atoms with E-state index in [1.165, 1.54) is 5.56 Å². The van der Waals surface area contributed by atoms with E-state index >= 15 is 0 Å². The molecule has 0 radical (unpaired) electrons. The second-order valence-electron chi connectivity index (χ2n) is 7.29. The molecule has 2 aromatic heterocycles. The van der Waals surface area contributed by atoms with E-state index in [0.29, 0.717) is 24.8 Å². The number of hydrogen-bond acceptors (Lipinski definition) is 4. The molecule has 2 aliphatic rings. The third-order valence-electron chi connectivity index (χ3n) is 5.50. The maximum absolute atomic E-state index is 12.4. The molecule has 0 aromatic carbocycles. The van der Waals surface area contributed by atoms with Crippen LogP contribution in [0.2, 0.25) is 0 Å². The molecule has 2 saturated heterocycles. The molecule has 4 rings (SSSR count). The summed E-state index contributed by atoms with van der Waals surface area (Å²) in [7, 11) is 1.89. The number of fused-ring (bicyclic) bond motifs is 1. The van der Waals surface area contributed by atoms with Crippen LogP contribution in [0.3, 0.4) is 0 Å². The van der Waals surface area contributed by atoms with Crippen LogP contribution in [0.1, 0.15) is 16.1 Å². The molecule has 0 aliphatic carbocycles. The number of aromatic nitrogens is 2. The van der Waals surface area contributed by atoms with Gasteiger partial charge in [0.05, 0.1) is 13.2 Å². The Balaban J connectivity index is 1.41. The minimum Gasteiger partial charge on any atom is -0.380 e. The van der Waals surface area contributed by atoms with Gasteiger partial charge in [0.15, 0.2) is 0 Å². The summed E-state index contributed by atoms with van der Waals surface area (Å²) >= 11 is 0. The summed E-state index contributed by atoms with van der Waals surface area (Å²) in [6.07, 6.45) is 5.62. The Bertz CT molecular complexity index is 745. The van der Waals surface area contributed by atoms with E-state index < -0.39 is 0 Å². The van der Waals surface area contributed by atoms with Crippen LogP contribution in [0.5, 0.6) is 0 Å². The first-order valence-corrected chi connectivity index (χ1v) is 8.75. The van der Waals surface area contributed by atoms with Crippen molar-refractivity contribution >= 4 is 5.91 Å². The van der Waals surface area contributed by atoms with Gasteiger partial charge in [-0.3, -0.25) is 14.7 Å². The van der Waals surface area contributed by atoms with Crippen LogP contribution in [0, 0.1) is 11.3 Å². The number of ether oxygens (including phenoxy) is 1. The second kappa shape index (κ2) is 6.61. The minimum atomic E-state index is -0.0155. The highest BCUT2D eigenvalue weighted by molar-refractivity contribution is 5.92. The van der Waals surface area contributed by atoms with Gasteiger partial charge in [0.2, 0.25) is 0 Å². The molecule has 2 aromatic rings. The summed E-state index contributed by atoms with van der Waals surface area (Å²) in [5, 5.41) is 3.14. The quantitative estimate of drug-likeness (QED) is 0.891. The van der Waals surface area contributed by atoms with E-state index in [2.05, 4.69) is 21.3 Å². The van der Waals surface area contributed by atoms with Gasteiger partial charge in [0.1, 0.15) is 5.69 Å². The average Bonchev–Trinajstić information content (AvgIpc) is 3.28. The molecule has 0 bridgehead atoms. The van der Waals surface area contributed by atoms with Crippen LogP contribution in [0.15, 0.2) is 42.9 Å². The fourth-order valence-electron chi connectivity index (χ4n) is 4.11. The van der Waals surface area contributed by atoms with Crippen molar-refractivity contribution in [3.8, 4) is 0 Å². The Morgan fingerprint density at radius 1 is 1.44 bits per heavy atom. The summed E-state index contributed by atoms with van der Waals surface area (Å²) in [4.78, 5) is 19.1. The molecule has 0 spiro atoms. The van der Waals surface area contributed by atoms with Crippen molar-refractivity contribution < 1.29 is 9.53 Å². The van der Waals surface area contributed by atoms with E-state index in [9.17, 15) is 4.79 Å². The molecule has 1 amide bonds. The Morgan fingerprint density at radius 3 is 3.12 bits per heavy atom. The van der Waals surface area contributed by atoms with Gasteiger partial charge in [-0.2, -0.15) is 0 Å². The van der Waals surface area contributed by atoms with E-state index in [0.717, 1.165) is 26.2 Å². The average molecular weight is 340 g/mol. The van der Waals surface area contributed by atoms with Crippen LogP contribution >= 0.6 is 0 Å². The number of carbonyl (C=O) groups excluding carboxylic acids is 1. The van der Waals surface area contributed by atoms with Gasteiger partial charge in [0.25, 0.3) is 5.91 Å². The molecule has 1 N–H and O–H groups in total. The van der Waals surface area contributed by atoms with Crippen LogP contribution in [-0.4, -0.2) is 53.2 Å². The van der Waals surface area contributed by atoms with Crippen molar-refractivity contribution in [1.29, 1.82) is 0 Å². The zero-order chi connectivity index (χ0) is 17.3. The van der Waals surface area contributed by atoms with Gasteiger partial charge in [-0.1, -0.05) is 6.07 Å². The normalized spacial score (nSPS) is 25.9. The summed E-state index contributed by atoms with van der Waals surface area (Å²) < 4.78 is 7.61. The van der Waals surface area contributed by atoms with Crippen molar-refractivity contribution in [3.63, 3.8) is 0 Å². The lowest BCUT2D eigenvalue weighted by Crippen LogP contribution is -2.43. The Kier molecular flexibility index (Phi) is 4.31. The highest BCUT2D eigenvalue weighted by Gasteiger charge is 2.50. The second-order valence-corrected chi connectivity index (χ2v) is 7.29. The summed E-state index contributed by atoms with van der Waals surface area (Å²) in [5.41, 5.74) is 1.94. The SMILES string of the molecule is Cn1cccc1C(=O)NC[C@]12COC[C@H]1CN(Cc1cccnc1)C2. The molecule has 2 fully saturated rings. The van der Waals surface area contributed by atoms with E-state index in [4.69, 9.17) is 4.74 Å². The third-order valence-corrected chi connectivity index (χ3v) is 5.50. The number of carbonyl (C=O) groups is 1. The fourth-order valence-corrected chi connectivity index (χ4v) is 4.11. The maximum atomic E-state index is 12.4. The van der Waals surface area contributed by atoms with Gasteiger partial charge in [-0.05, 0) is 23.8 Å². The maximum Gasteiger partial charge on any atom is 0.267 e. The molecular formula is C19H24N4O2. The summed E-state index contributed by atoms with van der Waals surface area (Å²) in [6.45, 7) is 5.01. The number of amides is 1. The first-order chi connectivity index (χ1) is 12.2. The molecule has 2 aliphatic heterocycles. The zero-order valence-corrected chi connectivity index (χ0v) is 14.5. The van der Waals surface area contributed by atoms with Crippen LogP contribution in [0.25, 0.3) is 0 Å². The number of pyridine rings is 1. The van der Waals surface area contributed by atoms with E-state index in [1.807, 2.05) is 42.2 Å². The van der Waals surface area contributed by atoms with Gasteiger partial charge < -0.3 is 14.6 Å². The van der Waals surface area contributed by atoms with Crippen LogP contribution < -0.4 is 5.32 Å². The van der Waals surface area contributed by atoms with Crippen molar-refractivity contribution in [1.82, 2.24) is 19.8 Å². The predicted molar refractivity (Wildman–Crippen MR) is 94.0 cm³/mol. The lowest BCUT2D eigenvalue weighted by atomic mass is 9.81. The molecule has 4 heterocycles. The molecule has 0 unspecified atom stereocenters. The van der Waals surface area contributed by atoms with E-state index in [1.54, 1.807) is 6.20 Å². The number of likely N-dealkylation sites (tertiary alicyclic amines) is 1. The third kappa shape index (κ3) is 3.19. The predicted octanol–water partition coefficient (Wildman–Crippen LogP) is 1.30. The Hall–Kier alpha value is -2.18. The van der Waals surface area contributed by atoms with Gasteiger partial charge >= 0.3 is 0 Å². The van der Waals surface area contributed by atoms with Crippen molar-refractivity contribution in [2.75, 3.05) is 32.8 Å². The van der Waals surface area contributed by atoms with Crippen LogP contribution in [-0.2, 0) is 18.3 Å². The Morgan fingerprint density at radius 2 is 2.36 bits per heavy atom. The highest BCUT2D eigenvalue weighted by Crippen LogP contribution is 2.41. The lowest BCUT2D eigenvalue weighted by molar-refractivity contribution is 0.0896.